The lowest BCUT2D eigenvalue weighted by molar-refractivity contribution is 0.121. The Morgan fingerprint density at radius 2 is 0.557 bits per heavy atom. The van der Waals surface area contributed by atoms with E-state index in [-0.39, 0.29) is 20.9 Å². The minimum absolute atomic E-state index is 0.0625. The summed E-state index contributed by atoms with van der Waals surface area (Å²) in [5.74, 6) is 4.09. The van der Waals surface area contributed by atoms with Crippen molar-refractivity contribution in [2.75, 3.05) is 156 Å². The van der Waals surface area contributed by atoms with Gasteiger partial charge in [0, 0.05) is 89.7 Å². The fraction of sp³-hybridized carbons (Fsp3) is 0.556. The quantitative estimate of drug-likeness (QED) is 0.177. The van der Waals surface area contributed by atoms with Gasteiger partial charge in [-0.2, -0.15) is 4.98 Å². The van der Waals surface area contributed by atoms with Gasteiger partial charge in [0.25, 0.3) is 0 Å². The average Bonchev–Trinajstić information content (AvgIpc) is 3.27. The first-order chi connectivity index (χ1) is 29.6. The second kappa shape index (κ2) is 24.9. The Kier molecular flexibility index (Phi) is 19.4. The maximum atomic E-state index is 6.12. The highest BCUT2D eigenvalue weighted by atomic mass is 35.5. The smallest absolute Gasteiger partial charge is 0.228 e. The lowest BCUT2D eigenvalue weighted by Crippen LogP contribution is -2.39. The maximum absolute atomic E-state index is 6.12. The zero-order chi connectivity index (χ0) is 43.0. The number of anilines is 5. The standard InChI is InChI=1S/2C12H17ClN4O2.C8H9Cl2N3O.C4HCl3N2/c13-12-14-10(16-1-5-18-6-2-16)9-11(15-12)17-3-7-19-8-4-17;13-10-9-11(16-1-5-18-6-2-16)15-12(14-10)17-3-7-19-8-4-17;9-6-5-7(12-8(10)11-6)13-1-3-14-4-2-13;5-2-1-3(6)9-4(7)8-2/h2*9H,1-8H2;5H,1-4H2;1H. The molecule has 0 aliphatic carbocycles. The molecule has 0 bridgehead atoms. The van der Waals surface area contributed by atoms with Gasteiger partial charge in [-0.1, -0.05) is 46.4 Å². The van der Waals surface area contributed by atoms with Crippen molar-refractivity contribution < 1.29 is 23.7 Å². The third kappa shape index (κ3) is 15.7. The second-order valence-corrected chi connectivity index (χ2v) is 15.9. The normalized spacial score (nSPS) is 18.2. The number of nitrogens with zero attached hydrogens (tertiary/aromatic N) is 13. The highest BCUT2D eigenvalue weighted by Gasteiger charge is 2.21. The number of halogens is 7. The van der Waals surface area contributed by atoms with Gasteiger partial charge < -0.3 is 48.2 Å². The van der Waals surface area contributed by atoms with Crippen molar-refractivity contribution in [3.05, 3.63) is 60.7 Å². The Hall–Kier alpha value is -2.85. The molecule has 4 aromatic heterocycles. The van der Waals surface area contributed by atoms with Crippen LogP contribution < -0.4 is 24.5 Å². The molecule has 332 valence electrons. The predicted molar refractivity (Wildman–Crippen MR) is 238 cm³/mol. The van der Waals surface area contributed by atoms with Gasteiger partial charge in [0.05, 0.1) is 66.1 Å². The van der Waals surface area contributed by atoms with Crippen molar-refractivity contribution in [2.24, 2.45) is 0 Å². The first-order valence-electron chi connectivity index (χ1n) is 19.4. The van der Waals surface area contributed by atoms with Crippen LogP contribution in [0.4, 0.5) is 29.2 Å². The number of morpholine rings is 5. The number of rotatable bonds is 5. The summed E-state index contributed by atoms with van der Waals surface area (Å²) in [5.41, 5.74) is 0. The Balaban J connectivity index is 0.000000141. The van der Waals surface area contributed by atoms with Gasteiger partial charge >= 0.3 is 0 Å². The van der Waals surface area contributed by atoms with Crippen molar-refractivity contribution in [3.8, 4) is 0 Å². The number of hydrogen-bond donors (Lipinski definition) is 0. The Bertz CT molecular complexity index is 1750. The monoisotopic (exact) mass is 983 g/mol. The number of hydrogen-bond acceptors (Lipinski definition) is 18. The lowest BCUT2D eigenvalue weighted by Gasteiger charge is -2.31. The average molecular weight is 987 g/mol. The van der Waals surface area contributed by atoms with Crippen LogP contribution in [0, 0.1) is 0 Å². The number of aromatic nitrogens is 8. The molecule has 0 N–H and O–H groups in total. The van der Waals surface area contributed by atoms with Crippen molar-refractivity contribution in [1.29, 1.82) is 0 Å². The predicted octanol–water partition coefficient (Wildman–Crippen LogP) is 5.66. The van der Waals surface area contributed by atoms with Gasteiger partial charge in [-0.25, -0.2) is 34.9 Å². The van der Waals surface area contributed by atoms with Gasteiger partial charge in [0.2, 0.25) is 21.8 Å². The molecule has 0 unspecified atom stereocenters. The summed E-state index contributed by atoms with van der Waals surface area (Å²) in [5, 5.41) is 1.89. The van der Waals surface area contributed by atoms with E-state index in [1.165, 1.54) is 6.07 Å². The largest absolute Gasteiger partial charge is 0.378 e. The molecule has 5 aliphatic rings. The Morgan fingerprint density at radius 3 is 0.902 bits per heavy atom. The Labute approximate surface area is 388 Å². The van der Waals surface area contributed by atoms with Crippen LogP contribution in [0.3, 0.4) is 0 Å². The fourth-order valence-corrected chi connectivity index (χ4v) is 7.69. The van der Waals surface area contributed by atoms with E-state index in [2.05, 4.69) is 64.4 Å². The molecule has 0 atom stereocenters. The minimum atomic E-state index is 0.0625. The van der Waals surface area contributed by atoms with Crippen molar-refractivity contribution in [2.45, 2.75) is 0 Å². The van der Waals surface area contributed by atoms with Gasteiger partial charge in [-0.05, 0) is 34.8 Å². The second-order valence-electron chi connectivity index (χ2n) is 13.3. The topological polar surface area (TPSA) is 165 Å². The first kappa shape index (κ1) is 47.6. The van der Waals surface area contributed by atoms with E-state index < -0.39 is 0 Å². The first-order valence-corrected chi connectivity index (χ1v) is 22.0. The fourth-order valence-electron chi connectivity index (χ4n) is 6.25. The van der Waals surface area contributed by atoms with Crippen LogP contribution in [-0.2, 0) is 23.7 Å². The molecule has 0 spiro atoms. The summed E-state index contributed by atoms with van der Waals surface area (Å²) in [6.45, 7) is 15.5. The molecule has 5 aliphatic heterocycles. The van der Waals surface area contributed by atoms with Crippen LogP contribution in [0.1, 0.15) is 0 Å². The van der Waals surface area contributed by atoms with Crippen LogP contribution in [0.5, 0.6) is 0 Å². The van der Waals surface area contributed by atoms with Gasteiger partial charge in [-0.15, -0.1) is 0 Å². The molecular weight excluding hydrogens is 943 g/mol. The van der Waals surface area contributed by atoms with Crippen molar-refractivity contribution >= 4 is 110 Å². The van der Waals surface area contributed by atoms with E-state index in [0.717, 1.165) is 128 Å². The number of ether oxygens (including phenoxy) is 5. The highest BCUT2D eigenvalue weighted by Crippen LogP contribution is 2.24. The summed E-state index contributed by atoms with van der Waals surface area (Å²) in [4.78, 5) is 43.3. The van der Waals surface area contributed by atoms with Gasteiger partial charge in [-0.3, -0.25) is 0 Å². The minimum Gasteiger partial charge on any atom is -0.378 e. The zero-order valence-corrected chi connectivity index (χ0v) is 38.2. The van der Waals surface area contributed by atoms with Crippen LogP contribution in [-0.4, -0.2) is 171 Å². The maximum Gasteiger partial charge on any atom is 0.228 e. The van der Waals surface area contributed by atoms with Crippen LogP contribution >= 0.6 is 81.2 Å². The lowest BCUT2D eigenvalue weighted by atomic mass is 10.3. The molecule has 0 radical (unpaired) electrons. The molecule has 5 fully saturated rings. The molecular formula is C36H44Cl7N13O5. The van der Waals surface area contributed by atoms with Crippen LogP contribution in [0.15, 0.2) is 24.3 Å². The van der Waals surface area contributed by atoms with Crippen molar-refractivity contribution in [1.82, 2.24) is 39.9 Å². The zero-order valence-electron chi connectivity index (χ0n) is 33.0. The molecule has 61 heavy (non-hydrogen) atoms. The molecule has 0 saturated carbocycles. The van der Waals surface area contributed by atoms with E-state index in [1.807, 2.05) is 12.1 Å². The third-order valence-electron chi connectivity index (χ3n) is 9.27. The SMILES string of the molecule is Clc1cc(Cl)nc(Cl)n1.Clc1cc(N2CCOCC2)nc(Cl)n1.Clc1cc(N2CCOCC2)nc(N2CCOCC2)n1.Clc1nc(N2CCOCC2)cc(N2CCOCC2)n1. The van der Waals surface area contributed by atoms with E-state index in [9.17, 15) is 0 Å². The molecule has 0 amide bonds. The van der Waals surface area contributed by atoms with E-state index in [0.29, 0.717) is 48.0 Å². The van der Waals surface area contributed by atoms with E-state index >= 15 is 0 Å². The summed E-state index contributed by atoms with van der Waals surface area (Å²) in [6.07, 6.45) is 0. The van der Waals surface area contributed by atoms with Crippen LogP contribution in [0.2, 0.25) is 36.5 Å². The Morgan fingerprint density at radius 1 is 0.295 bits per heavy atom. The summed E-state index contributed by atoms with van der Waals surface area (Å²) in [6, 6.07) is 6.94. The van der Waals surface area contributed by atoms with Crippen molar-refractivity contribution in [3.63, 3.8) is 0 Å². The van der Waals surface area contributed by atoms with E-state index in [1.54, 1.807) is 6.07 Å². The highest BCUT2D eigenvalue weighted by molar-refractivity contribution is 6.35. The molecule has 25 heteroatoms. The third-order valence-corrected chi connectivity index (χ3v) is 10.5. The van der Waals surface area contributed by atoms with E-state index in [4.69, 9.17) is 105 Å². The molecule has 9 rings (SSSR count). The summed E-state index contributed by atoms with van der Waals surface area (Å²) in [7, 11) is 0. The molecule has 0 aromatic carbocycles. The molecule has 5 saturated heterocycles. The van der Waals surface area contributed by atoms with Gasteiger partial charge in [0.1, 0.15) is 43.9 Å². The summed E-state index contributed by atoms with van der Waals surface area (Å²) < 4.78 is 26.6. The summed E-state index contributed by atoms with van der Waals surface area (Å²) >= 11 is 39.9. The molecule has 9 heterocycles. The van der Waals surface area contributed by atoms with Gasteiger partial charge in [0.15, 0.2) is 0 Å². The molecule has 4 aromatic rings. The van der Waals surface area contributed by atoms with Crippen LogP contribution in [0.25, 0.3) is 0 Å². The molecule has 18 nitrogen and oxygen atoms in total.